The van der Waals surface area contributed by atoms with Gasteiger partial charge >= 0.3 is 0 Å². The molecule has 2 heterocycles. The fraction of sp³-hybridized carbons (Fsp3) is 0.389. The smallest absolute Gasteiger partial charge is 0.254 e. The van der Waals surface area contributed by atoms with E-state index in [0.29, 0.717) is 23.7 Å². The lowest BCUT2D eigenvalue weighted by Crippen LogP contribution is -2.31. The lowest BCUT2D eigenvalue weighted by Gasteiger charge is -2.19. The normalized spacial score (nSPS) is 17.9. The molecule has 0 N–H and O–H groups in total. The highest BCUT2D eigenvalue weighted by Crippen LogP contribution is 2.31. The predicted octanol–water partition coefficient (Wildman–Crippen LogP) is 2.20. The van der Waals surface area contributed by atoms with Crippen LogP contribution in [-0.4, -0.2) is 43.6 Å². The van der Waals surface area contributed by atoms with Crippen LogP contribution in [0.5, 0.6) is 11.5 Å². The van der Waals surface area contributed by atoms with Gasteiger partial charge in [0.2, 0.25) is 10.0 Å². The molecule has 0 bridgehead atoms. The van der Waals surface area contributed by atoms with Crippen LogP contribution >= 0.6 is 11.6 Å². The standard InChI is InChI=1S/C18H21ClN2O5S/c1-12-8-15(10-18(22)20(12)2)26-14-6-7-21(11-14)27(23,24)17-9-13(19)4-5-16(17)25-3/h4-5,8-10,14H,6-7,11H2,1-3H3. The summed E-state index contributed by atoms with van der Waals surface area (Å²) in [5.74, 6) is 0.686. The summed E-state index contributed by atoms with van der Waals surface area (Å²) in [6, 6.07) is 7.66. The van der Waals surface area contributed by atoms with Gasteiger partial charge in [-0.25, -0.2) is 8.42 Å². The molecule has 2 aromatic rings. The quantitative estimate of drug-likeness (QED) is 0.752. The number of methoxy groups -OCH3 is 1. The molecule has 1 aromatic heterocycles. The van der Waals surface area contributed by atoms with Crippen molar-refractivity contribution in [2.75, 3.05) is 20.2 Å². The van der Waals surface area contributed by atoms with Crippen LogP contribution in [0.2, 0.25) is 5.02 Å². The third-order valence-electron chi connectivity index (χ3n) is 4.63. The Bertz CT molecular complexity index is 1020. The third kappa shape index (κ3) is 3.97. The van der Waals surface area contributed by atoms with Crippen molar-refractivity contribution in [3.63, 3.8) is 0 Å². The summed E-state index contributed by atoms with van der Waals surface area (Å²) in [6.45, 7) is 2.31. The lowest BCUT2D eigenvalue weighted by atomic mass is 10.3. The van der Waals surface area contributed by atoms with E-state index in [9.17, 15) is 13.2 Å². The van der Waals surface area contributed by atoms with Gasteiger partial charge < -0.3 is 14.0 Å². The molecule has 1 unspecified atom stereocenters. The Morgan fingerprint density at radius 1 is 1.22 bits per heavy atom. The monoisotopic (exact) mass is 412 g/mol. The molecule has 0 radical (unpaired) electrons. The van der Waals surface area contributed by atoms with E-state index < -0.39 is 10.0 Å². The van der Waals surface area contributed by atoms with Crippen LogP contribution in [0.25, 0.3) is 0 Å². The first-order valence-electron chi connectivity index (χ1n) is 8.40. The molecule has 0 spiro atoms. The minimum atomic E-state index is -3.77. The molecule has 1 aliphatic rings. The van der Waals surface area contributed by atoms with E-state index in [2.05, 4.69) is 0 Å². The van der Waals surface area contributed by atoms with Crippen molar-refractivity contribution in [3.05, 3.63) is 51.4 Å². The number of rotatable bonds is 5. The lowest BCUT2D eigenvalue weighted by molar-refractivity contribution is 0.214. The molecule has 27 heavy (non-hydrogen) atoms. The first-order valence-corrected chi connectivity index (χ1v) is 10.2. The Labute approximate surface area is 163 Å². The van der Waals surface area contributed by atoms with E-state index in [4.69, 9.17) is 21.1 Å². The van der Waals surface area contributed by atoms with E-state index >= 15 is 0 Å². The number of halogens is 1. The van der Waals surface area contributed by atoms with Crippen molar-refractivity contribution in [2.45, 2.75) is 24.3 Å². The molecule has 9 heteroatoms. The minimum Gasteiger partial charge on any atom is -0.495 e. The number of benzene rings is 1. The zero-order valence-corrected chi connectivity index (χ0v) is 16.9. The Balaban J connectivity index is 1.79. The highest BCUT2D eigenvalue weighted by Gasteiger charge is 2.35. The molecule has 0 saturated carbocycles. The molecular weight excluding hydrogens is 392 g/mol. The number of hydrogen-bond acceptors (Lipinski definition) is 5. The molecule has 3 rings (SSSR count). The van der Waals surface area contributed by atoms with Gasteiger partial charge in [-0.3, -0.25) is 4.79 Å². The van der Waals surface area contributed by atoms with Gasteiger partial charge in [-0.15, -0.1) is 0 Å². The van der Waals surface area contributed by atoms with Crippen molar-refractivity contribution < 1.29 is 17.9 Å². The maximum Gasteiger partial charge on any atom is 0.254 e. The topological polar surface area (TPSA) is 77.8 Å². The Morgan fingerprint density at radius 2 is 1.96 bits per heavy atom. The molecule has 0 amide bonds. The summed E-state index contributed by atoms with van der Waals surface area (Å²) in [5, 5.41) is 0.317. The second-order valence-corrected chi connectivity index (χ2v) is 8.76. The first kappa shape index (κ1) is 19.7. The summed E-state index contributed by atoms with van der Waals surface area (Å²) in [6.07, 6.45) is 0.188. The van der Waals surface area contributed by atoms with Gasteiger partial charge in [0.15, 0.2) is 0 Å². The maximum atomic E-state index is 13.0. The van der Waals surface area contributed by atoms with Crippen LogP contribution in [0.3, 0.4) is 0 Å². The molecule has 7 nitrogen and oxygen atoms in total. The van der Waals surface area contributed by atoms with E-state index in [1.807, 2.05) is 6.92 Å². The Hall–Kier alpha value is -2.03. The van der Waals surface area contributed by atoms with Gasteiger partial charge in [0.1, 0.15) is 22.5 Å². The minimum absolute atomic E-state index is 0.0302. The maximum absolute atomic E-state index is 13.0. The average Bonchev–Trinajstić information content (AvgIpc) is 3.09. The van der Waals surface area contributed by atoms with Crippen molar-refractivity contribution in [1.29, 1.82) is 0 Å². The van der Waals surface area contributed by atoms with E-state index in [-0.39, 0.29) is 28.9 Å². The van der Waals surface area contributed by atoms with Crippen molar-refractivity contribution in [1.82, 2.24) is 8.87 Å². The zero-order chi connectivity index (χ0) is 19.8. The summed E-state index contributed by atoms with van der Waals surface area (Å²) >= 11 is 5.97. The van der Waals surface area contributed by atoms with E-state index in [1.165, 1.54) is 34.2 Å². The number of ether oxygens (including phenoxy) is 2. The molecular formula is C18H21ClN2O5S. The van der Waals surface area contributed by atoms with E-state index in [1.54, 1.807) is 19.2 Å². The fourth-order valence-electron chi connectivity index (χ4n) is 3.00. The summed E-state index contributed by atoms with van der Waals surface area (Å²) < 4.78 is 39.9. The number of aryl methyl sites for hydroxylation is 1. The van der Waals surface area contributed by atoms with Crippen LogP contribution in [0, 0.1) is 6.92 Å². The number of nitrogens with zero attached hydrogens (tertiary/aromatic N) is 2. The van der Waals surface area contributed by atoms with Crippen LogP contribution in [0.1, 0.15) is 12.1 Å². The number of sulfonamides is 1. The van der Waals surface area contributed by atoms with Gasteiger partial charge in [0, 0.05) is 30.4 Å². The molecule has 146 valence electrons. The van der Waals surface area contributed by atoms with Crippen molar-refractivity contribution in [2.24, 2.45) is 7.05 Å². The largest absolute Gasteiger partial charge is 0.495 e. The van der Waals surface area contributed by atoms with Gasteiger partial charge in [0.25, 0.3) is 5.56 Å². The molecule has 1 saturated heterocycles. The second kappa shape index (κ2) is 7.53. The van der Waals surface area contributed by atoms with Crippen LogP contribution in [-0.2, 0) is 17.1 Å². The first-order chi connectivity index (χ1) is 12.7. The van der Waals surface area contributed by atoms with E-state index in [0.717, 1.165) is 5.69 Å². The Morgan fingerprint density at radius 3 is 2.63 bits per heavy atom. The molecule has 1 atom stereocenters. The molecule has 1 fully saturated rings. The van der Waals surface area contributed by atoms with Crippen molar-refractivity contribution in [3.8, 4) is 11.5 Å². The number of hydrogen-bond donors (Lipinski definition) is 0. The average molecular weight is 413 g/mol. The van der Waals surface area contributed by atoms with Crippen LogP contribution in [0.15, 0.2) is 40.0 Å². The highest BCUT2D eigenvalue weighted by molar-refractivity contribution is 7.89. The number of pyridine rings is 1. The molecule has 1 aromatic carbocycles. The van der Waals surface area contributed by atoms with Crippen LogP contribution < -0.4 is 15.0 Å². The number of aromatic nitrogens is 1. The van der Waals surface area contributed by atoms with Gasteiger partial charge in [0.05, 0.1) is 13.7 Å². The highest BCUT2D eigenvalue weighted by atomic mass is 35.5. The summed E-state index contributed by atoms with van der Waals surface area (Å²) in [7, 11) is -0.677. The van der Waals surface area contributed by atoms with Gasteiger partial charge in [-0.2, -0.15) is 4.31 Å². The SMILES string of the molecule is COc1ccc(Cl)cc1S(=O)(=O)N1CCC(Oc2cc(C)n(C)c(=O)c2)C1. The van der Waals surface area contributed by atoms with Crippen LogP contribution in [0.4, 0.5) is 0 Å². The second-order valence-electron chi connectivity index (χ2n) is 6.42. The third-order valence-corrected chi connectivity index (χ3v) is 6.75. The Kier molecular flexibility index (Phi) is 5.50. The van der Waals surface area contributed by atoms with Gasteiger partial charge in [-0.05, 0) is 37.6 Å². The van der Waals surface area contributed by atoms with Crippen molar-refractivity contribution >= 4 is 21.6 Å². The molecule has 0 aliphatic carbocycles. The zero-order valence-electron chi connectivity index (χ0n) is 15.3. The predicted molar refractivity (Wildman–Crippen MR) is 102 cm³/mol. The fourth-order valence-corrected chi connectivity index (χ4v) is 4.91. The summed E-state index contributed by atoms with van der Waals surface area (Å²) in [4.78, 5) is 11.9. The van der Waals surface area contributed by atoms with Gasteiger partial charge in [-0.1, -0.05) is 11.6 Å². The summed E-state index contributed by atoms with van der Waals surface area (Å²) in [5.41, 5.74) is 0.597. The molecule has 1 aliphatic heterocycles.